The number of aliphatic hydroxyl groups is 1. The first-order chi connectivity index (χ1) is 6.76. The van der Waals surface area contributed by atoms with Gasteiger partial charge in [0.2, 0.25) is 0 Å². The van der Waals surface area contributed by atoms with Gasteiger partial charge in [0.05, 0.1) is 21.9 Å². The minimum atomic E-state index is -0.0294. The highest BCUT2D eigenvalue weighted by Crippen LogP contribution is 2.32. The summed E-state index contributed by atoms with van der Waals surface area (Å²) in [7, 11) is 0. The highest BCUT2D eigenvalue weighted by molar-refractivity contribution is 7.22. The summed E-state index contributed by atoms with van der Waals surface area (Å²) in [5.74, 6) is 0. The van der Waals surface area contributed by atoms with E-state index in [4.69, 9.17) is 16.1 Å². The number of rotatable bonds is 1. The maximum absolute atomic E-state index is 9.09. The lowest BCUT2D eigenvalue weighted by Gasteiger charge is -1.98. The average Bonchev–Trinajstić information content (AvgIpc) is 2.57. The smallest absolute Gasteiger partial charge is 0.101 e. The zero-order valence-corrected chi connectivity index (χ0v) is 8.14. The van der Waals surface area contributed by atoms with E-state index < -0.39 is 0 Å². The van der Waals surface area contributed by atoms with Crippen LogP contribution >= 0.6 is 11.3 Å². The Balaban J connectivity index is 2.86. The van der Waals surface area contributed by atoms with Crippen molar-refractivity contribution in [2.75, 3.05) is 5.73 Å². The first kappa shape index (κ1) is 9.00. The summed E-state index contributed by atoms with van der Waals surface area (Å²) in [6, 6.07) is 7.37. The number of anilines is 1. The Bertz CT molecular complexity index is 525. The van der Waals surface area contributed by atoms with Crippen LogP contribution in [-0.4, -0.2) is 5.11 Å². The molecule has 70 valence electrons. The van der Waals surface area contributed by atoms with Crippen LogP contribution in [0.1, 0.15) is 11.1 Å². The fourth-order valence-electron chi connectivity index (χ4n) is 1.42. The van der Waals surface area contributed by atoms with Crippen molar-refractivity contribution in [3.8, 4) is 6.07 Å². The first-order valence-corrected chi connectivity index (χ1v) is 4.89. The summed E-state index contributed by atoms with van der Waals surface area (Å²) < 4.78 is 0.858. The topological polar surface area (TPSA) is 70.0 Å². The van der Waals surface area contributed by atoms with Crippen molar-refractivity contribution in [3.05, 3.63) is 29.3 Å². The van der Waals surface area contributed by atoms with Crippen LogP contribution in [0.5, 0.6) is 0 Å². The van der Waals surface area contributed by atoms with Crippen molar-refractivity contribution >= 4 is 26.4 Å². The van der Waals surface area contributed by atoms with Gasteiger partial charge in [-0.15, -0.1) is 11.3 Å². The van der Waals surface area contributed by atoms with E-state index in [1.165, 1.54) is 11.3 Å². The van der Waals surface area contributed by atoms with E-state index in [0.717, 1.165) is 15.6 Å². The maximum Gasteiger partial charge on any atom is 0.101 e. The van der Waals surface area contributed by atoms with Crippen LogP contribution in [-0.2, 0) is 6.61 Å². The lowest BCUT2D eigenvalue weighted by Crippen LogP contribution is -1.85. The van der Waals surface area contributed by atoms with Crippen molar-refractivity contribution in [2.45, 2.75) is 6.61 Å². The van der Waals surface area contributed by atoms with Gasteiger partial charge in [-0.2, -0.15) is 5.26 Å². The summed E-state index contributed by atoms with van der Waals surface area (Å²) in [5.41, 5.74) is 7.09. The van der Waals surface area contributed by atoms with Crippen molar-refractivity contribution in [1.82, 2.24) is 0 Å². The number of fused-ring (bicyclic) bond motifs is 1. The van der Waals surface area contributed by atoms with E-state index in [1.807, 2.05) is 0 Å². The van der Waals surface area contributed by atoms with Crippen LogP contribution in [0, 0.1) is 11.3 Å². The molecule has 0 amide bonds. The molecular weight excluding hydrogens is 196 g/mol. The maximum atomic E-state index is 9.09. The quantitative estimate of drug-likeness (QED) is 0.744. The lowest BCUT2D eigenvalue weighted by atomic mass is 10.1. The molecule has 2 aromatic rings. The van der Waals surface area contributed by atoms with Crippen LogP contribution in [0.25, 0.3) is 10.1 Å². The van der Waals surface area contributed by atoms with E-state index >= 15 is 0 Å². The Hall–Kier alpha value is -1.57. The van der Waals surface area contributed by atoms with Gasteiger partial charge in [0.1, 0.15) is 6.07 Å². The highest BCUT2D eigenvalue weighted by atomic mass is 32.1. The van der Waals surface area contributed by atoms with Crippen LogP contribution in [0.2, 0.25) is 0 Å². The van der Waals surface area contributed by atoms with E-state index in [2.05, 4.69) is 6.07 Å². The van der Waals surface area contributed by atoms with Gasteiger partial charge in [-0.05, 0) is 17.7 Å². The molecule has 2 rings (SSSR count). The Morgan fingerprint density at radius 1 is 1.50 bits per heavy atom. The second-order valence-corrected chi connectivity index (χ2v) is 4.02. The number of hydrogen-bond acceptors (Lipinski definition) is 4. The molecule has 3 N–H and O–H groups in total. The molecule has 0 atom stereocenters. The summed E-state index contributed by atoms with van der Waals surface area (Å²) in [6.45, 7) is -0.0294. The Labute approximate surface area is 85.0 Å². The summed E-state index contributed by atoms with van der Waals surface area (Å²) in [5, 5.41) is 19.5. The number of nitrogens with two attached hydrogens (primary N) is 1. The molecule has 0 fully saturated rings. The normalized spacial score (nSPS) is 10.3. The molecule has 14 heavy (non-hydrogen) atoms. The predicted octanol–water partition coefficient (Wildman–Crippen LogP) is 1.85. The number of nitriles is 1. The molecule has 3 nitrogen and oxygen atoms in total. The highest BCUT2D eigenvalue weighted by Gasteiger charge is 2.08. The zero-order valence-electron chi connectivity index (χ0n) is 7.32. The van der Waals surface area contributed by atoms with Crippen LogP contribution in [0.4, 0.5) is 5.00 Å². The summed E-state index contributed by atoms with van der Waals surface area (Å²) >= 11 is 1.38. The molecule has 4 heteroatoms. The van der Waals surface area contributed by atoms with Gasteiger partial charge in [-0.25, -0.2) is 0 Å². The molecule has 0 radical (unpaired) electrons. The number of hydrogen-bond donors (Lipinski definition) is 2. The predicted molar refractivity (Wildman–Crippen MR) is 56.9 cm³/mol. The van der Waals surface area contributed by atoms with Crippen molar-refractivity contribution in [2.24, 2.45) is 0 Å². The van der Waals surface area contributed by atoms with E-state index in [1.54, 1.807) is 18.2 Å². The fraction of sp³-hybridized carbons (Fsp3) is 0.100. The minimum Gasteiger partial charge on any atom is -0.392 e. The Morgan fingerprint density at radius 2 is 2.29 bits per heavy atom. The van der Waals surface area contributed by atoms with Gasteiger partial charge in [-0.1, -0.05) is 6.07 Å². The second kappa shape index (κ2) is 3.29. The average molecular weight is 204 g/mol. The van der Waals surface area contributed by atoms with Gasteiger partial charge in [0.15, 0.2) is 0 Å². The Kier molecular flexibility index (Phi) is 2.12. The van der Waals surface area contributed by atoms with Gasteiger partial charge >= 0.3 is 0 Å². The number of nitrogens with zero attached hydrogens (tertiary/aromatic N) is 1. The molecular formula is C10H8N2OS. The zero-order chi connectivity index (χ0) is 10.1. The van der Waals surface area contributed by atoms with Gasteiger partial charge in [-0.3, -0.25) is 0 Å². The number of benzene rings is 1. The molecule has 1 aromatic carbocycles. The van der Waals surface area contributed by atoms with Crippen molar-refractivity contribution in [1.29, 1.82) is 5.26 Å². The molecule has 0 spiro atoms. The van der Waals surface area contributed by atoms with E-state index in [-0.39, 0.29) is 6.61 Å². The molecule has 0 aliphatic heterocycles. The molecule has 0 saturated heterocycles. The molecule has 1 heterocycles. The van der Waals surface area contributed by atoms with Gasteiger partial charge in [0.25, 0.3) is 0 Å². The molecule has 0 aliphatic carbocycles. The van der Waals surface area contributed by atoms with E-state index in [0.29, 0.717) is 10.6 Å². The van der Waals surface area contributed by atoms with Gasteiger partial charge in [0, 0.05) is 5.39 Å². The minimum absolute atomic E-state index is 0.0294. The third kappa shape index (κ3) is 1.23. The third-order valence-corrected chi connectivity index (χ3v) is 3.08. The van der Waals surface area contributed by atoms with Crippen LogP contribution in [0.3, 0.4) is 0 Å². The molecule has 0 bridgehead atoms. The van der Waals surface area contributed by atoms with Crippen LogP contribution in [0.15, 0.2) is 18.2 Å². The van der Waals surface area contributed by atoms with Crippen LogP contribution < -0.4 is 5.73 Å². The van der Waals surface area contributed by atoms with Gasteiger partial charge < -0.3 is 10.8 Å². The van der Waals surface area contributed by atoms with Crippen molar-refractivity contribution < 1.29 is 5.11 Å². The molecule has 1 aromatic heterocycles. The summed E-state index contributed by atoms with van der Waals surface area (Å²) in [6.07, 6.45) is 0. The third-order valence-electron chi connectivity index (χ3n) is 2.08. The lowest BCUT2D eigenvalue weighted by molar-refractivity contribution is 0.283. The van der Waals surface area contributed by atoms with E-state index in [9.17, 15) is 0 Å². The number of nitrogen functional groups attached to an aromatic ring is 1. The monoisotopic (exact) mass is 204 g/mol. The molecule has 0 aliphatic rings. The SMILES string of the molecule is N#Cc1ccc(CO)c2cc(N)sc12. The molecule has 0 unspecified atom stereocenters. The standard InChI is InChI=1S/C10H8N2OS/c11-4-6-1-2-7(5-13)8-3-9(12)14-10(6)8/h1-3,13H,5,12H2. The Morgan fingerprint density at radius 3 is 2.93 bits per heavy atom. The molecule has 0 saturated carbocycles. The number of thiophene rings is 1. The number of aliphatic hydroxyl groups excluding tert-OH is 1. The fourth-order valence-corrected chi connectivity index (χ4v) is 2.36. The summed E-state index contributed by atoms with van der Waals surface area (Å²) in [4.78, 5) is 0. The van der Waals surface area contributed by atoms with Crippen molar-refractivity contribution in [3.63, 3.8) is 0 Å². The second-order valence-electron chi connectivity index (χ2n) is 2.93. The first-order valence-electron chi connectivity index (χ1n) is 4.08. The largest absolute Gasteiger partial charge is 0.392 e.